The Morgan fingerprint density at radius 3 is 2.65 bits per heavy atom. The van der Waals surface area contributed by atoms with Crippen molar-refractivity contribution in [1.82, 2.24) is 10.3 Å². The quantitative estimate of drug-likeness (QED) is 0.815. The summed E-state index contributed by atoms with van der Waals surface area (Å²) in [5.74, 6) is -1.73. The van der Waals surface area contributed by atoms with Gasteiger partial charge >= 0.3 is 5.97 Å². The van der Waals surface area contributed by atoms with Gasteiger partial charge in [0.1, 0.15) is 16.9 Å². The number of hydrogen-bond acceptors (Lipinski definition) is 4. The second-order valence-electron chi connectivity index (χ2n) is 5.06. The minimum Gasteiger partial charge on any atom is -0.480 e. The van der Waals surface area contributed by atoms with E-state index in [4.69, 9.17) is 5.11 Å². The van der Waals surface area contributed by atoms with Gasteiger partial charge in [0.05, 0.1) is 12.1 Å². The summed E-state index contributed by atoms with van der Waals surface area (Å²) in [5.41, 5.74) is 1.44. The van der Waals surface area contributed by atoms with Crippen molar-refractivity contribution in [1.29, 1.82) is 0 Å². The summed E-state index contributed by atoms with van der Waals surface area (Å²) >= 11 is 1.31. The molecule has 1 unspecified atom stereocenters. The highest BCUT2D eigenvalue weighted by Crippen LogP contribution is 2.22. The largest absolute Gasteiger partial charge is 0.480 e. The lowest BCUT2D eigenvalue weighted by molar-refractivity contribution is -0.141. The predicted molar refractivity (Wildman–Crippen MR) is 85.7 cm³/mol. The fourth-order valence-corrected chi connectivity index (χ4v) is 2.88. The Bertz CT molecular complexity index is 685. The van der Waals surface area contributed by atoms with Crippen molar-refractivity contribution in [3.8, 4) is 11.3 Å². The van der Waals surface area contributed by atoms with E-state index < -0.39 is 12.0 Å². The molecule has 122 valence electrons. The van der Waals surface area contributed by atoms with E-state index in [-0.39, 0.29) is 18.1 Å². The number of carboxylic acid groups (broad SMARTS) is 1. The number of hydrogen-bond donors (Lipinski definition) is 2. The third kappa shape index (κ3) is 4.85. The highest BCUT2D eigenvalue weighted by Gasteiger charge is 2.19. The lowest BCUT2D eigenvalue weighted by atomic mass is 10.1. The van der Waals surface area contributed by atoms with Crippen LogP contribution in [0.3, 0.4) is 0 Å². The smallest absolute Gasteiger partial charge is 0.326 e. The summed E-state index contributed by atoms with van der Waals surface area (Å²) in [5, 5.41) is 13.9. The number of thiazole rings is 1. The zero-order valence-corrected chi connectivity index (χ0v) is 13.4. The third-order valence-corrected chi connectivity index (χ3v) is 4.06. The van der Waals surface area contributed by atoms with Gasteiger partial charge in [-0.25, -0.2) is 14.2 Å². The topological polar surface area (TPSA) is 79.3 Å². The maximum absolute atomic E-state index is 12.9. The minimum absolute atomic E-state index is 0.0271. The van der Waals surface area contributed by atoms with E-state index in [1.165, 1.54) is 23.5 Å². The Morgan fingerprint density at radius 2 is 2.04 bits per heavy atom. The van der Waals surface area contributed by atoms with Crippen LogP contribution >= 0.6 is 11.3 Å². The molecular weight excluding hydrogens is 319 g/mol. The molecule has 1 atom stereocenters. The van der Waals surface area contributed by atoms with Crippen LogP contribution in [0.5, 0.6) is 0 Å². The summed E-state index contributed by atoms with van der Waals surface area (Å²) < 4.78 is 12.9. The van der Waals surface area contributed by atoms with Crippen LogP contribution in [0, 0.1) is 5.82 Å². The van der Waals surface area contributed by atoms with E-state index in [2.05, 4.69) is 10.3 Å². The Balaban J connectivity index is 1.99. The van der Waals surface area contributed by atoms with Gasteiger partial charge in [-0.2, -0.15) is 0 Å². The van der Waals surface area contributed by atoms with Crippen molar-refractivity contribution in [3.63, 3.8) is 0 Å². The number of aliphatic carboxylic acids is 1. The predicted octanol–water partition coefficient (Wildman–Crippen LogP) is 2.86. The van der Waals surface area contributed by atoms with Gasteiger partial charge in [0.25, 0.3) is 0 Å². The van der Waals surface area contributed by atoms with E-state index in [1.807, 2.05) is 6.92 Å². The lowest BCUT2D eigenvalue weighted by Gasteiger charge is -2.12. The molecule has 2 rings (SSSR count). The van der Waals surface area contributed by atoms with Crippen molar-refractivity contribution in [3.05, 3.63) is 40.5 Å². The normalized spacial score (nSPS) is 11.9. The van der Waals surface area contributed by atoms with Gasteiger partial charge in [-0.05, 0) is 30.7 Å². The number of halogens is 1. The van der Waals surface area contributed by atoms with Crippen LogP contribution < -0.4 is 5.32 Å². The first-order valence-corrected chi connectivity index (χ1v) is 8.10. The van der Waals surface area contributed by atoms with Gasteiger partial charge in [-0.15, -0.1) is 11.3 Å². The Labute approximate surface area is 137 Å². The number of carboxylic acids is 1. The number of carbonyl (C=O) groups excluding carboxylic acids is 1. The lowest BCUT2D eigenvalue weighted by Crippen LogP contribution is -2.41. The molecule has 2 aromatic rings. The number of aromatic nitrogens is 1. The van der Waals surface area contributed by atoms with Gasteiger partial charge in [0.15, 0.2) is 0 Å². The highest BCUT2D eigenvalue weighted by atomic mass is 32.1. The summed E-state index contributed by atoms with van der Waals surface area (Å²) in [4.78, 5) is 27.3. The number of carbonyl (C=O) groups is 2. The summed E-state index contributed by atoms with van der Waals surface area (Å²) in [7, 11) is 0. The molecule has 0 saturated carbocycles. The average Bonchev–Trinajstić information content (AvgIpc) is 2.95. The second kappa shape index (κ2) is 7.82. The molecule has 7 heteroatoms. The number of nitrogens with zero attached hydrogens (tertiary/aromatic N) is 1. The van der Waals surface area contributed by atoms with Crippen molar-refractivity contribution in [2.75, 3.05) is 0 Å². The fraction of sp³-hybridized carbons (Fsp3) is 0.312. The van der Waals surface area contributed by atoms with E-state index in [1.54, 1.807) is 17.5 Å². The van der Waals surface area contributed by atoms with Gasteiger partial charge < -0.3 is 10.4 Å². The maximum Gasteiger partial charge on any atom is 0.326 e. The first-order valence-electron chi connectivity index (χ1n) is 7.22. The van der Waals surface area contributed by atoms with E-state index in [9.17, 15) is 14.0 Å². The van der Waals surface area contributed by atoms with Crippen LogP contribution in [0.4, 0.5) is 4.39 Å². The zero-order valence-electron chi connectivity index (χ0n) is 12.6. The summed E-state index contributed by atoms with van der Waals surface area (Å²) in [6.45, 7) is 1.86. The zero-order chi connectivity index (χ0) is 16.8. The van der Waals surface area contributed by atoms with Gasteiger partial charge in [0.2, 0.25) is 5.91 Å². The number of amides is 1. The molecule has 0 radical (unpaired) electrons. The molecule has 0 spiro atoms. The molecule has 1 aromatic heterocycles. The van der Waals surface area contributed by atoms with Crippen LogP contribution in [-0.2, 0) is 16.0 Å². The molecule has 0 fully saturated rings. The van der Waals surface area contributed by atoms with Crippen LogP contribution in [0.2, 0.25) is 0 Å². The molecule has 5 nitrogen and oxygen atoms in total. The van der Waals surface area contributed by atoms with E-state index >= 15 is 0 Å². The number of rotatable bonds is 7. The molecule has 0 aliphatic rings. The van der Waals surface area contributed by atoms with Crippen LogP contribution in [0.1, 0.15) is 24.8 Å². The van der Waals surface area contributed by atoms with Crippen LogP contribution in [0.15, 0.2) is 29.6 Å². The van der Waals surface area contributed by atoms with E-state index in [0.717, 1.165) is 5.56 Å². The molecule has 0 bridgehead atoms. The molecule has 0 aliphatic carbocycles. The van der Waals surface area contributed by atoms with Crippen LogP contribution in [-0.4, -0.2) is 28.0 Å². The Kier molecular flexibility index (Phi) is 5.81. The number of nitrogens with one attached hydrogen (secondary N) is 1. The molecule has 1 aromatic carbocycles. The monoisotopic (exact) mass is 336 g/mol. The average molecular weight is 336 g/mol. The SMILES string of the molecule is CCCC(NC(=O)Cc1nc(-c2ccc(F)cc2)cs1)C(=O)O. The Morgan fingerprint density at radius 1 is 1.35 bits per heavy atom. The molecular formula is C16H17FN2O3S. The highest BCUT2D eigenvalue weighted by molar-refractivity contribution is 7.10. The van der Waals surface area contributed by atoms with Crippen molar-refractivity contribution < 1.29 is 19.1 Å². The minimum atomic E-state index is -1.04. The van der Waals surface area contributed by atoms with Gasteiger partial charge in [0, 0.05) is 10.9 Å². The molecule has 0 saturated heterocycles. The molecule has 2 N–H and O–H groups in total. The van der Waals surface area contributed by atoms with Crippen molar-refractivity contribution >= 4 is 23.2 Å². The molecule has 23 heavy (non-hydrogen) atoms. The number of benzene rings is 1. The van der Waals surface area contributed by atoms with Gasteiger partial charge in [-0.3, -0.25) is 4.79 Å². The maximum atomic E-state index is 12.9. The van der Waals surface area contributed by atoms with Crippen molar-refractivity contribution in [2.45, 2.75) is 32.2 Å². The first-order chi connectivity index (χ1) is 11.0. The molecule has 0 aliphatic heterocycles. The Hall–Kier alpha value is -2.28. The van der Waals surface area contributed by atoms with Crippen molar-refractivity contribution in [2.24, 2.45) is 0 Å². The van der Waals surface area contributed by atoms with Gasteiger partial charge in [-0.1, -0.05) is 13.3 Å². The second-order valence-corrected chi connectivity index (χ2v) is 6.00. The fourth-order valence-electron chi connectivity index (χ4n) is 2.07. The van der Waals surface area contributed by atoms with Crippen LogP contribution in [0.25, 0.3) is 11.3 Å². The summed E-state index contributed by atoms with van der Waals surface area (Å²) in [6.07, 6.45) is 1.09. The van der Waals surface area contributed by atoms with E-state index in [0.29, 0.717) is 23.5 Å². The molecule has 1 heterocycles. The first kappa shape index (κ1) is 17.1. The third-order valence-electron chi connectivity index (χ3n) is 3.21. The molecule has 1 amide bonds. The standard InChI is InChI=1S/C16H17FN2O3S/c1-2-3-12(16(21)22)18-14(20)8-15-19-13(9-23-15)10-4-6-11(17)7-5-10/h4-7,9,12H,2-3,8H2,1H3,(H,18,20)(H,21,22). The summed E-state index contributed by atoms with van der Waals surface area (Å²) in [6, 6.07) is 5.07.